The number of rotatable bonds is 6. The SMILES string of the molecule is [CH2]CCCCCCCF. The number of unbranched alkanes of at least 4 members (excludes halogenated alkanes) is 5. The van der Waals surface area contributed by atoms with Gasteiger partial charge < -0.3 is 0 Å². The van der Waals surface area contributed by atoms with E-state index in [4.69, 9.17) is 0 Å². The molecule has 55 valence electrons. The lowest BCUT2D eigenvalue weighted by Crippen LogP contribution is -1.79. The summed E-state index contributed by atoms with van der Waals surface area (Å²) in [6.45, 7) is 3.58. The fourth-order valence-corrected chi connectivity index (χ4v) is 0.802. The van der Waals surface area contributed by atoms with Crippen molar-refractivity contribution in [2.75, 3.05) is 6.67 Å². The molecule has 0 nitrogen and oxygen atoms in total. The van der Waals surface area contributed by atoms with Crippen molar-refractivity contribution in [1.82, 2.24) is 0 Å². The normalized spacial score (nSPS) is 10.0. The highest BCUT2D eigenvalue weighted by Gasteiger charge is 1.87. The minimum Gasteiger partial charge on any atom is -0.251 e. The molecule has 1 radical (unpaired) electrons. The van der Waals surface area contributed by atoms with E-state index in [1.54, 1.807) is 0 Å². The molecule has 0 amide bonds. The lowest BCUT2D eigenvalue weighted by Gasteiger charge is -1.95. The maximum Gasteiger partial charge on any atom is 0.0894 e. The first-order valence-electron chi connectivity index (χ1n) is 3.77. The maximum absolute atomic E-state index is 11.5. The minimum absolute atomic E-state index is 0.148. The van der Waals surface area contributed by atoms with Crippen molar-refractivity contribution in [2.45, 2.75) is 38.5 Å². The summed E-state index contributed by atoms with van der Waals surface area (Å²) in [5.74, 6) is 0. The first-order valence-corrected chi connectivity index (χ1v) is 3.77. The summed E-state index contributed by atoms with van der Waals surface area (Å²) in [5, 5.41) is 0. The molecule has 0 rings (SSSR count). The van der Waals surface area contributed by atoms with Crippen molar-refractivity contribution in [1.29, 1.82) is 0 Å². The van der Waals surface area contributed by atoms with Crippen LogP contribution in [0, 0.1) is 6.92 Å². The van der Waals surface area contributed by atoms with E-state index in [0.29, 0.717) is 0 Å². The highest BCUT2D eigenvalue weighted by Crippen LogP contribution is 2.04. The molecule has 0 spiro atoms. The van der Waals surface area contributed by atoms with Gasteiger partial charge >= 0.3 is 0 Å². The molecule has 9 heavy (non-hydrogen) atoms. The van der Waals surface area contributed by atoms with E-state index in [1.165, 1.54) is 19.3 Å². The zero-order chi connectivity index (χ0) is 6.95. The summed E-state index contributed by atoms with van der Waals surface area (Å²) in [7, 11) is 0. The van der Waals surface area contributed by atoms with Crippen molar-refractivity contribution in [3.8, 4) is 0 Å². The van der Waals surface area contributed by atoms with Crippen LogP contribution in [0.4, 0.5) is 4.39 Å². The summed E-state index contributed by atoms with van der Waals surface area (Å²) in [6.07, 6.45) is 6.43. The van der Waals surface area contributed by atoms with Crippen LogP contribution in [0.3, 0.4) is 0 Å². The molecule has 0 heterocycles. The van der Waals surface area contributed by atoms with Crippen molar-refractivity contribution in [3.05, 3.63) is 6.92 Å². The third-order valence-electron chi connectivity index (χ3n) is 1.38. The summed E-state index contributed by atoms with van der Waals surface area (Å²) in [5.41, 5.74) is 0. The second kappa shape index (κ2) is 7.93. The molecule has 0 aromatic rings. The lowest BCUT2D eigenvalue weighted by molar-refractivity contribution is 0.451. The van der Waals surface area contributed by atoms with Gasteiger partial charge in [-0.05, 0) is 6.42 Å². The second-order valence-corrected chi connectivity index (χ2v) is 2.31. The van der Waals surface area contributed by atoms with Gasteiger partial charge in [0.2, 0.25) is 0 Å². The summed E-state index contributed by atoms with van der Waals surface area (Å²) in [6, 6.07) is 0. The van der Waals surface area contributed by atoms with E-state index in [-0.39, 0.29) is 6.67 Å². The third kappa shape index (κ3) is 7.93. The first-order chi connectivity index (χ1) is 4.41. The van der Waals surface area contributed by atoms with E-state index in [1.807, 2.05) is 0 Å². The van der Waals surface area contributed by atoms with Gasteiger partial charge in [0.25, 0.3) is 0 Å². The van der Waals surface area contributed by atoms with Gasteiger partial charge in [0.1, 0.15) is 0 Å². The fourth-order valence-electron chi connectivity index (χ4n) is 0.802. The van der Waals surface area contributed by atoms with E-state index < -0.39 is 0 Å². The minimum atomic E-state index is -0.148. The van der Waals surface area contributed by atoms with E-state index in [9.17, 15) is 4.39 Å². The summed E-state index contributed by atoms with van der Waals surface area (Å²) in [4.78, 5) is 0. The molecule has 1 heteroatoms. The molecule has 0 aliphatic carbocycles. The highest BCUT2D eigenvalue weighted by molar-refractivity contribution is 4.44. The molecular weight excluding hydrogens is 115 g/mol. The third-order valence-corrected chi connectivity index (χ3v) is 1.38. The van der Waals surface area contributed by atoms with Gasteiger partial charge in [0.15, 0.2) is 0 Å². The lowest BCUT2D eigenvalue weighted by atomic mass is 10.1. The van der Waals surface area contributed by atoms with Gasteiger partial charge in [-0.2, -0.15) is 0 Å². The molecule has 0 saturated heterocycles. The molecule has 0 unspecified atom stereocenters. The van der Waals surface area contributed by atoms with Gasteiger partial charge in [-0.15, -0.1) is 0 Å². The Labute approximate surface area is 57.5 Å². The molecule has 0 aliphatic heterocycles. The zero-order valence-electron chi connectivity index (χ0n) is 6.03. The Morgan fingerprint density at radius 3 is 2.00 bits per heavy atom. The average Bonchev–Trinajstić information content (AvgIpc) is 1.89. The largest absolute Gasteiger partial charge is 0.251 e. The van der Waals surface area contributed by atoms with Crippen molar-refractivity contribution in [3.63, 3.8) is 0 Å². The predicted molar refractivity (Wildman–Crippen MR) is 39.0 cm³/mol. The zero-order valence-corrected chi connectivity index (χ0v) is 6.03. The molecule has 0 atom stereocenters. The van der Waals surface area contributed by atoms with Crippen molar-refractivity contribution >= 4 is 0 Å². The monoisotopic (exact) mass is 131 g/mol. The molecule has 0 bridgehead atoms. The van der Waals surface area contributed by atoms with Gasteiger partial charge in [0, 0.05) is 0 Å². The van der Waals surface area contributed by atoms with Gasteiger partial charge in [-0.3, -0.25) is 4.39 Å². The van der Waals surface area contributed by atoms with Crippen LogP contribution in [-0.2, 0) is 0 Å². The van der Waals surface area contributed by atoms with Crippen LogP contribution >= 0.6 is 0 Å². The van der Waals surface area contributed by atoms with Gasteiger partial charge in [-0.1, -0.05) is 39.0 Å². The van der Waals surface area contributed by atoms with E-state index >= 15 is 0 Å². The topological polar surface area (TPSA) is 0 Å². The Kier molecular flexibility index (Phi) is 7.87. The van der Waals surface area contributed by atoms with E-state index in [0.717, 1.165) is 19.3 Å². The molecular formula is C8H16F. The molecule has 0 aliphatic rings. The number of hydrogen-bond donors (Lipinski definition) is 0. The molecule has 0 fully saturated rings. The van der Waals surface area contributed by atoms with Crippen molar-refractivity contribution in [2.24, 2.45) is 0 Å². The maximum atomic E-state index is 11.5. The first kappa shape index (κ1) is 8.93. The van der Waals surface area contributed by atoms with Crippen LogP contribution in [-0.4, -0.2) is 6.67 Å². The Bertz CT molecular complexity index is 37.8. The number of alkyl halides is 1. The van der Waals surface area contributed by atoms with E-state index in [2.05, 4.69) is 6.92 Å². The van der Waals surface area contributed by atoms with Crippen molar-refractivity contribution < 1.29 is 4.39 Å². The standard InChI is InChI=1S/C8H16F/c1-2-3-4-5-6-7-8-9/h1-8H2. The summed E-state index contributed by atoms with van der Waals surface area (Å²) < 4.78 is 11.5. The van der Waals surface area contributed by atoms with Gasteiger partial charge in [0.05, 0.1) is 6.67 Å². The predicted octanol–water partition coefficient (Wildman–Crippen LogP) is 3.13. The van der Waals surface area contributed by atoms with Gasteiger partial charge in [-0.25, -0.2) is 0 Å². The second-order valence-electron chi connectivity index (χ2n) is 2.31. The van der Waals surface area contributed by atoms with Crippen LogP contribution in [0.5, 0.6) is 0 Å². The Morgan fingerprint density at radius 1 is 0.889 bits per heavy atom. The molecule has 0 aromatic carbocycles. The summed E-state index contributed by atoms with van der Waals surface area (Å²) >= 11 is 0. The molecule has 0 saturated carbocycles. The van der Waals surface area contributed by atoms with Crippen LogP contribution in [0.25, 0.3) is 0 Å². The molecule has 0 N–H and O–H groups in total. The quantitative estimate of drug-likeness (QED) is 0.486. The van der Waals surface area contributed by atoms with Crippen LogP contribution in [0.1, 0.15) is 38.5 Å². The van der Waals surface area contributed by atoms with Crippen LogP contribution < -0.4 is 0 Å². The Morgan fingerprint density at radius 2 is 1.44 bits per heavy atom. The average molecular weight is 131 g/mol. The van der Waals surface area contributed by atoms with Crippen LogP contribution in [0.15, 0.2) is 0 Å². The number of halogens is 1. The Balaban J connectivity index is 2.60. The highest BCUT2D eigenvalue weighted by atomic mass is 19.1. The van der Waals surface area contributed by atoms with Crippen LogP contribution in [0.2, 0.25) is 0 Å². The fraction of sp³-hybridized carbons (Fsp3) is 0.875. The smallest absolute Gasteiger partial charge is 0.0894 e. The number of hydrogen-bond acceptors (Lipinski definition) is 0. The Hall–Kier alpha value is -0.0700. The molecule has 0 aromatic heterocycles.